The molecule has 13 heavy (non-hydrogen) atoms. The van der Waals surface area contributed by atoms with Crippen molar-refractivity contribution >= 4 is 22.2 Å². The summed E-state index contributed by atoms with van der Waals surface area (Å²) in [7, 11) is 0. The van der Waals surface area contributed by atoms with Crippen LogP contribution < -0.4 is 4.74 Å². The summed E-state index contributed by atoms with van der Waals surface area (Å²) in [5.74, 6) is 0.507. The van der Waals surface area contributed by atoms with Crippen LogP contribution in [0.2, 0.25) is 0 Å². The van der Waals surface area contributed by atoms with Crippen molar-refractivity contribution in [3.63, 3.8) is 0 Å². The van der Waals surface area contributed by atoms with Crippen LogP contribution in [0.3, 0.4) is 0 Å². The molecule has 3 nitrogen and oxygen atoms in total. The van der Waals surface area contributed by atoms with Gasteiger partial charge in [-0.05, 0) is 35.0 Å². The fourth-order valence-corrected chi connectivity index (χ4v) is 1.25. The molecule has 1 aromatic carbocycles. The lowest BCUT2D eigenvalue weighted by Gasteiger charge is -2.07. The molecule has 0 atom stereocenters. The first-order valence-corrected chi connectivity index (χ1v) is 4.58. The molecule has 0 aliphatic heterocycles. The molecule has 0 aliphatic carbocycles. The van der Waals surface area contributed by atoms with E-state index in [1.165, 1.54) is 6.07 Å². The Bertz CT molecular complexity index is 323. The van der Waals surface area contributed by atoms with E-state index in [1.807, 2.05) is 6.92 Å². The molecule has 0 saturated heterocycles. The zero-order valence-electron chi connectivity index (χ0n) is 7.08. The third-order valence-electron chi connectivity index (χ3n) is 1.51. The van der Waals surface area contributed by atoms with E-state index in [4.69, 9.17) is 4.74 Å². The van der Waals surface area contributed by atoms with E-state index in [-0.39, 0.29) is 5.75 Å². The molecular formula is C9H9BrO3. The van der Waals surface area contributed by atoms with E-state index >= 15 is 0 Å². The van der Waals surface area contributed by atoms with Crippen molar-refractivity contribution in [3.05, 3.63) is 22.2 Å². The van der Waals surface area contributed by atoms with Crippen molar-refractivity contribution < 1.29 is 14.6 Å². The number of carbonyl (C=O) groups excluding carboxylic acids is 1. The van der Waals surface area contributed by atoms with Crippen molar-refractivity contribution in [2.45, 2.75) is 6.92 Å². The third-order valence-corrected chi connectivity index (χ3v) is 2.14. The van der Waals surface area contributed by atoms with Crippen LogP contribution in [-0.4, -0.2) is 18.0 Å². The van der Waals surface area contributed by atoms with Gasteiger partial charge >= 0.3 is 0 Å². The van der Waals surface area contributed by atoms with Gasteiger partial charge in [-0.2, -0.15) is 0 Å². The molecule has 1 N–H and O–H groups in total. The monoisotopic (exact) mass is 244 g/mol. The second-order valence-corrected chi connectivity index (χ2v) is 3.25. The SMILES string of the molecule is CCOc1cc(Br)c(O)cc1C=O. The fourth-order valence-electron chi connectivity index (χ4n) is 0.932. The quantitative estimate of drug-likeness (QED) is 0.831. The Kier molecular flexibility index (Phi) is 3.31. The highest BCUT2D eigenvalue weighted by molar-refractivity contribution is 9.10. The highest BCUT2D eigenvalue weighted by atomic mass is 79.9. The summed E-state index contributed by atoms with van der Waals surface area (Å²) in [6.07, 6.45) is 0.650. The average Bonchev–Trinajstić information content (AvgIpc) is 2.11. The van der Waals surface area contributed by atoms with E-state index in [0.717, 1.165) is 0 Å². The standard InChI is InChI=1S/C9H9BrO3/c1-2-13-9-4-7(10)8(12)3-6(9)5-11/h3-5,12H,2H2,1H3. The van der Waals surface area contributed by atoms with Crippen molar-refractivity contribution in [3.8, 4) is 11.5 Å². The number of aromatic hydroxyl groups is 1. The molecule has 0 saturated carbocycles. The molecule has 0 bridgehead atoms. The second kappa shape index (κ2) is 4.28. The Morgan fingerprint density at radius 3 is 2.85 bits per heavy atom. The number of phenols is 1. The molecule has 0 aromatic heterocycles. The van der Waals surface area contributed by atoms with E-state index in [2.05, 4.69) is 15.9 Å². The van der Waals surface area contributed by atoms with Gasteiger partial charge in [-0.25, -0.2) is 0 Å². The minimum Gasteiger partial charge on any atom is -0.507 e. The maximum Gasteiger partial charge on any atom is 0.153 e. The Morgan fingerprint density at radius 1 is 1.62 bits per heavy atom. The van der Waals surface area contributed by atoms with Crippen molar-refractivity contribution in [1.82, 2.24) is 0 Å². The van der Waals surface area contributed by atoms with Gasteiger partial charge in [-0.1, -0.05) is 0 Å². The number of benzene rings is 1. The van der Waals surface area contributed by atoms with Crippen LogP contribution in [0.5, 0.6) is 11.5 Å². The van der Waals surface area contributed by atoms with Crippen molar-refractivity contribution in [2.24, 2.45) is 0 Å². The van der Waals surface area contributed by atoms with Gasteiger partial charge in [0.2, 0.25) is 0 Å². The molecule has 4 heteroatoms. The van der Waals surface area contributed by atoms with Crippen molar-refractivity contribution in [1.29, 1.82) is 0 Å². The molecule has 70 valence electrons. The minimum atomic E-state index is 0.0329. The minimum absolute atomic E-state index is 0.0329. The number of halogens is 1. The number of aldehydes is 1. The smallest absolute Gasteiger partial charge is 0.153 e. The lowest BCUT2D eigenvalue weighted by atomic mass is 10.2. The Hall–Kier alpha value is -1.03. The molecule has 0 fully saturated rings. The summed E-state index contributed by atoms with van der Waals surface area (Å²) in [5.41, 5.74) is 0.350. The fraction of sp³-hybridized carbons (Fsp3) is 0.222. The summed E-state index contributed by atoms with van der Waals surface area (Å²) < 4.78 is 5.71. The zero-order chi connectivity index (χ0) is 9.84. The number of hydrogen-bond donors (Lipinski definition) is 1. The molecule has 0 unspecified atom stereocenters. The van der Waals surface area contributed by atoms with Gasteiger partial charge < -0.3 is 9.84 Å². The van der Waals surface area contributed by atoms with Gasteiger partial charge in [0.05, 0.1) is 16.6 Å². The summed E-state index contributed by atoms with van der Waals surface area (Å²) in [6.45, 7) is 2.31. The maximum absolute atomic E-state index is 10.6. The number of carbonyl (C=O) groups is 1. The van der Waals surface area contributed by atoms with Gasteiger partial charge in [-0.3, -0.25) is 4.79 Å². The Morgan fingerprint density at radius 2 is 2.31 bits per heavy atom. The van der Waals surface area contributed by atoms with Crippen LogP contribution in [0.25, 0.3) is 0 Å². The van der Waals surface area contributed by atoms with Gasteiger partial charge in [0, 0.05) is 0 Å². The van der Waals surface area contributed by atoms with Crippen LogP contribution in [0.1, 0.15) is 17.3 Å². The number of phenolic OH excluding ortho intramolecular Hbond substituents is 1. The van der Waals surface area contributed by atoms with E-state index < -0.39 is 0 Å². The first-order chi connectivity index (χ1) is 6.19. The van der Waals surface area contributed by atoms with Gasteiger partial charge in [0.15, 0.2) is 6.29 Å². The molecule has 0 heterocycles. The maximum atomic E-state index is 10.6. The number of ether oxygens (including phenoxy) is 1. The van der Waals surface area contributed by atoms with Gasteiger partial charge in [0.1, 0.15) is 11.5 Å². The number of hydrogen-bond acceptors (Lipinski definition) is 3. The molecule has 1 rings (SSSR count). The van der Waals surface area contributed by atoms with Crippen LogP contribution >= 0.6 is 15.9 Å². The summed E-state index contributed by atoms with van der Waals surface area (Å²) in [5, 5.41) is 9.26. The van der Waals surface area contributed by atoms with E-state index in [1.54, 1.807) is 6.07 Å². The highest BCUT2D eigenvalue weighted by Crippen LogP contribution is 2.31. The van der Waals surface area contributed by atoms with E-state index in [0.29, 0.717) is 28.7 Å². The first-order valence-electron chi connectivity index (χ1n) is 3.79. The van der Waals surface area contributed by atoms with Crippen LogP contribution in [0.4, 0.5) is 0 Å². The lowest BCUT2D eigenvalue weighted by Crippen LogP contribution is -1.95. The summed E-state index contributed by atoms with van der Waals surface area (Å²) in [4.78, 5) is 10.6. The lowest BCUT2D eigenvalue weighted by molar-refractivity contribution is 0.111. The molecule has 0 amide bonds. The summed E-state index contributed by atoms with van der Waals surface area (Å²) in [6, 6.07) is 2.94. The third kappa shape index (κ3) is 2.21. The Labute approximate surface area is 84.5 Å². The van der Waals surface area contributed by atoms with Crippen LogP contribution in [-0.2, 0) is 0 Å². The topological polar surface area (TPSA) is 46.5 Å². The predicted molar refractivity (Wildman–Crippen MR) is 52.4 cm³/mol. The summed E-state index contributed by atoms with van der Waals surface area (Å²) >= 11 is 3.13. The largest absolute Gasteiger partial charge is 0.507 e. The molecule has 1 aromatic rings. The predicted octanol–water partition coefficient (Wildman–Crippen LogP) is 2.37. The van der Waals surface area contributed by atoms with E-state index in [9.17, 15) is 9.90 Å². The van der Waals surface area contributed by atoms with Crippen LogP contribution in [0, 0.1) is 0 Å². The molecule has 0 aliphatic rings. The van der Waals surface area contributed by atoms with Gasteiger partial charge in [-0.15, -0.1) is 0 Å². The normalized spacial score (nSPS) is 9.69. The Balaban J connectivity index is 3.16. The molecule has 0 spiro atoms. The average molecular weight is 245 g/mol. The molecule has 0 radical (unpaired) electrons. The zero-order valence-corrected chi connectivity index (χ0v) is 8.67. The second-order valence-electron chi connectivity index (χ2n) is 2.39. The highest BCUT2D eigenvalue weighted by Gasteiger charge is 2.07. The van der Waals surface area contributed by atoms with Gasteiger partial charge in [0.25, 0.3) is 0 Å². The number of rotatable bonds is 3. The van der Waals surface area contributed by atoms with Crippen LogP contribution in [0.15, 0.2) is 16.6 Å². The van der Waals surface area contributed by atoms with Crippen molar-refractivity contribution in [2.75, 3.05) is 6.61 Å². The molecular weight excluding hydrogens is 236 g/mol. The first kappa shape index (κ1) is 10.1.